The highest BCUT2D eigenvalue weighted by molar-refractivity contribution is 8.00. The van der Waals surface area contributed by atoms with Gasteiger partial charge in [-0.25, -0.2) is 4.98 Å². The van der Waals surface area contributed by atoms with Crippen molar-refractivity contribution in [3.63, 3.8) is 0 Å². The summed E-state index contributed by atoms with van der Waals surface area (Å²) >= 11 is 1.42. The first-order valence-corrected chi connectivity index (χ1v) is 8.38. The third-order valence-electron chi connectivity index (χ3n) is 3.32. The quantitative estimate of drug-likeness (QED) is 0.871. The van der Waals surface area contributed by atoms with Gasteiger partial charge in [0, 0.05) is 24.4 Å². The van der Waals surface area contributed by atoms with Gasteiger partial charge in [-0.05, 0) is 31.2 Å². The second kappa shape index (κ2) is 7.37. The van der Waals surface area contributed by atoms with E-state index in [1.807, 2.05) is 37.3 Å². The van der Waals surface area contributed by atoms with Gasteiger partial charge in [-0.3, -0.25) is 4.79 Å². The number of hydrogen-bond acceptors (Lipinski definition) is 5. The Labute approximate surface area is 139 Å². The third kappa shape index (κ3) is 4.16. The molecule has 0 saturated carbocycles. The standard InChI is InChI=1S/C17H18N2O3S/c1-12(23-16-5-2-3-8-18-16)17(20)19-13-6-7-14-15(11-13)22-10-4-9-21-14/h2-3,5-8,11-12H,4,9-10H2,1H3,(H,19,20). The first-order chi connectivity index (χ1) is 11.2. The first kappa shape index (κ1) is 15.7. The molecule has 1 aliphatic heterocycles. The van der Waals surface area contributed by atoms with Crippen LogP contribution in [0.3, 0.4) is 0 Å². The molecule has 1 aliphatic rings. The molecule has 0 radical (unpaired) electrons. The van der Waals surface area contributed by atoms with Crippen molar-refractivity contribution in [3.8, 4) is 11.5 Å². The highest BCUT2D eigenvalue weighted by Gasteiger charge is 2.17. The van der Waals surface area contributed by atoms with Crippen molar-refractivity contribution in [2.75, 3.05) is 18.5 Å². The minimum Gasteiger partial charge on any atom is -0.490 e. The Hall–Kier alpha value is -2.21. The number of amides is 1. The number of aromatic nitrogens is 1. The number of hydrogen-bond donors (Lipinski definition) is 1. The lowest BCUT2D eigenvalue weighted by Crippen LogP contribution is -2.22. The molecule has 1 amide bonds. The molecule has 1 aromatic heterocycles. The molecule has 0 spiro atoms. The summed E-state index contributed by atoms with van der Waals surface area (Å²) in [6, 6.07) is 11.1. The number of pyridine rings is 1. The van der Waals surface area contributed by atoms with Gasteiger partial charge >= 0.3 is 0 Å². The van der Waals surface area contributed by atoms with E-state index in [-0.39, 0.29) is 11.2 Å². The fourth-order valence-corrected chi connectivity index (χ4v) is 2.94. The molecule has 1 aromatic carbocycles. The second-order valence-electron chi connectivity index (χ2n) is 5.13. The van der Waals surface area contributed by atoms with Crippen LogP contribution in [0.2, 0.25) is 0 Å². The molecule has 2 heterocycles. The lowest BCUT2D eigenvalue weighted by molar-refractivity contribution is -0.115. The number of carbonyl (C=O) groups is 1. The lowest BCUT2D eigenvalue weighted by atomic mass is 10.2. The number of carbonyl (C=O) groups excluding carboxylic acids is 1. The zero-order chi connectivity index (χ0) is 16.1. The molecular weight excluding hydrogens is 312 g/mol. The van der Waals surface area contributed by atoms with Crippen molar-refractivity contribution in [2.24, 2.45) is 0 Å². The fourth-order valence-electron chi connectivity index (χ4n) is 2.14. The van der Waals surface area contributed by atoms with Crippen LogP contribution in [0.4, 0.5) is 5.69 Å². The van der Waals surface area contributed by atoms with E-state index in [4.69, 9.17) is 9.47 Å². The summed E-state index contributed by atoms with van der Waals surface area (Å²) in [6.45, 7) is 3.13. The highest BCUT2D eigenvalue weighted by atomic mass is 32.2. The summed E-state index contributed by atoms with van der Waals surface area (Å²) in [4.78, 5) is 16.5. The van der Waals surface area contributed by atoms with Gasteiger partial charge in [0.2, 0.25) is 5.91 Å². The Morgan fingerprint density at radius 2 is 2.04 bits per heavy atom. The summed E-state index contributed by atoms with van der Waals surface area (Å²) in [7, 11) is 0. The molecule has 1 unspecified atom stereocenters. The van der Waals surface area contributed by atoms with E-state index in [9.17, 15) is 4.79 Å². The molecule has 1 N–H and O–H groups in total. The summed E-state index contributed by atoms with van der Waals surface area (Å²) in [5.41, 5.74) is 0.702. The zero-order valence-electron chi connectivity index (χ0n) is 12.8. The molecule has 6 heteroatoms. The van der Waals surface area contributed by atoms with Crippen molar-refractivity contribution >= 4 is 23.4 Å². The van der Waals surface area contributed by atoms with Gasteiger partial charge in [0.05, 0.1) is 23.5 Å². The predicted octanol–water partition coefficient (Wildman–Crippen LogP) is 3.36. The maximum atomic E-state index is 12.3. The van der Waals surface area contributed by atoms with Gasteiger partial charge in [0.25, 0.3) is 0 Å². The van der Waals surface area contributed by atoms with Crippen molar-refractivity contribution in [2.45, 2.75) is 23.6 Å². The molecule has 0 saturated heterocycles. The van der Waals surface area contributed by atoms with Gasteiger partial charge in [-0.1, -0.05) is 17.8 Å². The van der Waals surface area contributed by atoms with Crippen molar-refractivity contribution < 1.29 is 14.3 Å². The Kier molecular flexibility index (Phi) is 5.02. The fraction of sp³-hybridized carbons (Fsp3) is 0.294. The van der Waals surface area contributed by atoms with E-state index < -0.39 is 0 Å². The summed E-state index contributed by atoms with van der Waals surface area (Å²) in [6.07, 6.45) is 2.57. The van der Waals surface area contributed by atoms with Crippen LogP contribution in [0.5, 0.6) is 11.5 Å². The third-order valence-corrected chi connectivity index (χ3v) is 4.37. The number of nitrogens with one attached hydrogen (secondary N) is 1. The molecule has 0 fully saturated rings. The van der Waals surface area contributed by atoms with E-state index in [2.05, 4.69) is 10.3 Å². The lowest BCUT2D eigenvalue weighted by Gasteiger charge is -2.13. The van der Waals surface area contributed by atoms with Crippen LogP contribution >= 0.6 is 11.8 Å². The van der Waals surface area contributed by atoms with Crippen LogP contribution in [0.1, 0.15) is 13.3 Å². The number of fused-ring (bicyclic) bond motifs is 1. The Balaban J connectivity index is 1.64. The summed E-state index contributed by atoms with van der Waals surface area (Å²) < 4.78 is 11.2. The minimum atomic E-state index is -0.249. The van der Waals surface area contributed by atoms with Gasteiger partial charge < -0.3 is 14.8 Å². The van der Waals surface area contributed by atoms with E-state index in [0.29, 0.717) is 24.7 Å². The molecule has 2 aromatic rings. The minimum absolute atomic E-state index is 0.0739. The normalized spacial score (nSPS) is 14.7. The van der Waals surface area contributed by atoms with E-state index in [1.165, 1.54) is 11.8 Å². The van der Waals surface area contributed by atoms with Gasteiger partial charge in [-0.2, -0.15) is 0 Å². The molecule has 5 nitrogen and oxygen atoms in total. The topological polar surface area (TPSA) is 60.5 Å². The van der Waals surface area contributed by atoms with Gasteiger partial charge in [0.15, 0.2) is 11.5 Å². The van der Waals surface area contributed by atoms with E-state index in [0.717, 1.165) is 17.2 Å². The van der Waals surface area contributed by atoms with E-state index in [1.54, 1.807) is 12.3 Å². The number of benzene rings is 1. The Morgan fingerprint density at radius 3 is 2.83 bits per heavy atom. The average molecular weight is 330 g/mol. The van der Waals surface area contributed by atoms with Crippen molar-refractivity contribution in [3.05, 3.63) is 42.6 Å². The van der Waals surface area contributed by atoms with Crippen LogP contribution in [0.15, 0.2) is 47.6 Å². The Morgan fingerprint density at radius 1 is 1.22 bits per heavy atom. The zero-order valence-corrected chi connectivity index (χ0v) is 13.6. The SMILES string of the molecule is CC(Sc1ccccn1)C(=O)Nc1ccc2c(c1)OCCCO2. The molecule has 0 aliphatic carbocycles. The first-order valence-electron chi connectivity index (χ1n) is 7.50. The van der Waals surface area contributed by atoms with Gasteiger partial charge in [0.1, 0.15) is 0 Å². The predicted molar refractivity (Wildman–Crippen MR) is 90.2 cm³/mol. The smallest absolute Gasteiger partial charge is 0.237 e. The van der Waals surface area contributed by atoms with Crippen molar-refractivity contribution in [1.29, 1.82) is 0 Å². The molecule has 0 bridgehead atoms. The maximum Gasteiger partial charge on any atom is 0.237 e. The highest BCUT2D eigenvalue weighted by Crippen LogP contribution is 2.32. The van der Waals surface area contributed by atoms with Crippen LogP contribution in [0.25, 0.3) is 0 Å². The molecule has 1 atom stereocenters. The average Bonchev–Trinajstić information content (AvgIpc) is 2.80. The summed E-state index contributed by atoms with van der Waals surface area (Å²) in [5.74, 6) is 1.32. The van der Waals surface area contributed by atoms with Crippen LogP contribution in [-0.4, -0.2) is 29.4 Å². The van der Waals surface area contributed by atoms with Crippen LogP contribution < -0.4 is 14.8 Å². The number of anilines is 1. The summed E-state index contributed by atoms with van der Waals surface area (Å²) in [5, 5.41) is 3.49. The molecule has 120 valence electrons. The van der Waals surface area contributed by atoms with Crippen molar-refractivity contribution in [1.82, 2.24) is 4.98 Å². The molecule has 3 rings (SSSR count). The number of rotatable bonds is 4. The molecule has 23 heavy (non-hydrogen) atoms. The van der Waals surface area contributed by atoms with E-state index >= 15 is 0 Å². The molecular formula is C17H18N2O3S. The van der Waals surface area contributed by atoms with Crippen LogP contribution in [0, 0.1) is 0 Å². The second-order valence-corrected chi connectivity index (χ2v) is 6.49. The van der Waals surface area contributed by atoms with Crippen LogP contribution in [-0.2, 0) is 4.79 Å². The largest absolute Gasteiger partial charge is 0.490 e. The van der Waals surface area contributed by atoms with Gasteiger partial charge in [-0.15, -0.1) is 0 Å². The monoisotopic (exact) mass is 330 g/mol. The number of ether oxygens (including phenoxy) is 2. The maximum absolute atomic E-state index is 12.3. The number of thioether (sulfide) groups is 1. The number of nitrogens with zero attached hydrogens (tertiary/aromatic N) is 1. The Bertz CT molecular complexity index is 679.